The van der Waals surface area contributed by atoms with Crippen LogP contribution in [0.3, 0.4) is 0 Å². The molecule has 0 spiro atoms. The number of aryl methyl sites for hydroxylation is 1. The van der Waals surface area contributed by atoms with Gasteiger partial charge in [0.2, 0.25) is 0 Å². The Bertz CT molecular complexity index is 552. The number of hydrogen-bond acceptors (Lipinski definition) is 2. The zero-order chi connectivity index (χ0) is 13.7. The van der Waals surface area contributed by atoms with Crippen LogP contribution in [0.1, 0.15) is 18.9 Å². The molecule has 0 unspecified atom stereocenters. The van der Waals surface area contributed by atoms with Gasteiger partial charge >= 0.3 is 0 Å². The fraction of sp³-hybridized carbons (Fsp3) is 0.375. The van der Waals surface area contributed by atoms with Crippen molar-refractivity contribution in [3.63, 3.8) is 0 Å². The average molecular weight is 279 g/mol. The first-order valence-electron chi connectivity index (χ1n) is 6.61. The molecule has 2 aromatic carbocycles. The lowest BCUT2D eigenvalue weighted by molar-refractivity contribution is 0.318. The Kier molecular flexibility index (Phi) is 4.92. The molecule has 0 aliphatic heterocycles. The van der Waals surface area contributed by atoms with E-state index in [-0.39, 0.29) is 0 Å². The first-order valence-corrected chi connectivity index (χ1v) is 7.14. The monoisotopic (exact) mass is 278 g/mol. The number of ether oxygens (including phenoxy) is 2. The number of fused-ring (bicyclic) bond motifs is 1. The quantitative estimate of drug-likeness (QED) is 0.722. The van der Waals surface area contributed by atoms with E-state index in [4.69, 9.17) is 21.1 Å². The lowest BCUT2D eigenvalue weighted by Gasteiger charge is -2.12. The summed E-state index contributed by atoms with van der Waals surface area (Å²) in [6, 6.07) is 10.2. The van der Waals surface area contributed by atoms with Crippen LogP contribution in [0.15, 0.2) is 30.3 Å². The predicted molar refractivity (Wildman–Crippen MR) is 80.7 cm³/mol. The number of alkyl halides is 1. The van der Waals surface area contributed by atoms with Crippen molar-refractivity contribution in [1.82, 2.24) is 0 Å². The Balaban J connectivity index is 2.30. The molecule has 0 saturated heterocycles. The van der Waals surface area contributed by atoms with Crippen LogP contribution in [0.2, 0.25) is 0 Å². The van der Waals surface area contributed by atoms with Crippen molar-refractivity contribution >= 4 is 22.4 Å². The third-order valence-corrected chi connectivity index (χ3v) is 3.17. The minimum absolute atomic E-state index is 0.501. The second-order valence-electron chi connectivity index (χ2n) is 4.46. The van der Waals surface area contributed by atoms with Crippen LogP contribution < -0.4 is 9.47 Å². The van der Waals surface area contributed by atoms with Crippen LogP contribution in [0.5, 0.6) is 11.5 Å². The number of rotatable bonds is 6. The van der Waals surface area contributed by atoms with Crippen molar-refractivity contribution in [2.75, 3.05) is 19.1 Å². The Labute approximate surface area is 119 Å². The van der Waals surface area contributed by atoms with E-state index in [9.17, 15) is 0 Å². The SMILES string of the molecule is CCCOc1ccc2c(C)c(OCCCl)ccc2c1. The molecule has 19 heavy (non-hydrogen) atoms. The predicted octanol–water partition coefficient (Wildman–Crippen LogP) is 4.55. The molecule has 0 aromatic heterocycles. The molecule has 0 fully saturated rings. The molecule has 2 nitrogen and oxygen atoms in total. The van der Waals surface area contributed by atoms with Gasteiger partial charge in [0.15, 0.2) is 0 Å². The van der Waals surface area contributed by atoms with Gasteiger partial charge in [-0.25, -0.2) is 0 Å². The highest BCUT2D eigenvalue weighted by Crippen LogP contribution is 2.29. The normalized spacial score (nSPS) is 10.7. The Morgan fingerprint density at radius 2 is 1.89 bits per heavy atom. The first kappa shape index (κ1) is 14.0. The maximum atomic E-state index is 5.65. The highest BCUT2D eigenvalue weighted by Gasteiger charge is 2.05. The number of hydrogen-bond donors (Lipinski definition) is 0. The highest BCUT2D eigenvalue weighted by molar-refractivity contribution is 6.18. The minimum Gasteiger partial charge on any atom is -0.494 e. The molecule has 0 N–H and O–H groups in total. The van der Waals surface area contributed by atoms with Crippen molar-refractivity contribution in [2.24, 2.45) is 0 Å². The lowest BCUT2D eigenvalue weighted by Crippen LogP contribution is -2.00. The lowest BCUT2D eigenvalue weighted by atomic mass is 10.0. The summed E-state index contributed by atoms with van der Waals surface area (Å²) < 4.78 is 11.3. The standard InChI is InChI=1S/C16H19ClO2/c1-3-9-18-14-5-6-15-12(2)16(19-10-8-17)7-4-13(15)11-14/h4-7,11H,3,8-10H2,1-2H3. The van der Waals surface area contributed by atoms with Crippen molar-refractivity contribution in [3.8, 4) is 11.5 Å². The minimum atomic E-state index is 0.501. The average Bonchev–Trinajstić information content (AvgIpc) is 2.44. The number of halogens is 1. The van der Waals surface area contributed by atoms with Gasteiger partial charge in [-0.15, -0.1) is 11.6 Å². The van der Waals surface area contributed by atoms with Gasteiger partial charge in [0.1, 0.15) is 18.1 Å². The van der Waals surface area contributed by atoms with Gasteiger partial charge < -0.3 is 9.47 Å². The smallest absolute Gasteiger partial charge is 0.122 e. The van der Waals surface area contributed by atoms with E-state index in [0.717, 1.165) is 30.1 Å². The van der Waals surface area contributed by atoms with Gasteiger partial charge in [-0.1, -0.05) is 19.1 Å². The fourth-order valence-electron chi connectivity index (χ4n) is 2.06. The van der Waals surface area contributed by atoms with E-state index in [1.807, 2.05) is 12.1 Å². The van der Waals surface area contributed by atoms with E-state index < -0.39 is 0 Å². The fourth-order valence-corrected chi connectivity index (χ4v) is 2.14. The zero-order valence-electron chi connectivity index (χ0n) is 11.4. The summed E-state index contributed by atoms with van der Waals surface area (Å²) in [7, 11) is 0. The topological polar surface area (TPSA) is 18.5 Å². The molecule has 102 valence electrons. The third kappa shape index (κ3) is 3.32. The summed E-state index contributed by atoms with van der Waals surface area (Å²) in [5, 5.41) is 2.36. The summed E-state index contributed by atoms with van der Waals surface area (Å²) in [6.45, 7) is 5.46. The van der Waals surface area contributed by atoms with Gasteiger partial charge in [0.25, 0.3) is 0 Å². The van der Waals surface area contributed by atoms with E-state index in [1.54, 1.807) is 0 Å². The Hall–Kier alpha value is -1.41. The summed E-state index contributed by atoms with van der Waals surface area (Å²) >= 11 is 5.65. The Morgan fingerprint density at radius 3 is 2.63 bits per heavy atom. The van der Waals surface area contributed by atoms with Crippen molar-refractivity contribution in [1.29, 1.82) is 0 Å². The van der Waals surface area contributed by atoms with E-state index in [2.05, 4.69) is 32.0 Å². The molecule has 0 bridgehead atoms. The van der Waals surface area contributed by atoms with E-state index >= 15 is 0 Å². The molecule has 0 aliphatic carbocycles. The molecule has 0 amide bonds. The maximum absolute atomic E-state index is 5.65. The maximum Gasteiger partial charge on any atom is 0.122 e. The van der Waals surface area contributed by atoms with Crippen LogP contribution in [0, 0.1) is 6.92 Å². The summed E-state index contributed by atoms with van der Waals surface area (Å²) in [5.74, 6) is 2.32. The largest absolute Gasteiger partial charge is 0.494 e. The van der Waals surface area contributed by atoms with Gasteiger partial charge in [0.05, 0.1) is 12.5 Å². The molecule has 3 heteroatoms. The molecular formula is C16H19ClO2. The van der Waals surface area contributed by atoms with Crippen molar-refractivity contribution in [3.05, 3.63) is 35.9 Å². The summed E-state index contributed by atoms with van der Waals surface area (Å²) in [4.78, 5) is 0. The van der Waals surface area contributed by atoms with Crippen molar-refractivity contribution < 1.29 is 9.47 Å². The van der Waals surface area contributed by atoms with Gasteiger partial charge in [-0.05, 0) is 47.9 Å². The van der Waals surface area contributed by atoms with Crippen molar-refractivity contribution in [2.45, 2.75) is 20.3 Å². The molecule has 0 saturated carbocycles. The molecule has 0 atom stereocenters. The second kappa shape index (κ2) is 6.67. The number of benzene rings is 2. The van der Waals surface area contributed by atoms with Crippen LogP contribution in [0.4, 0.5) is 0 Å². The summed E-state index contributed by atoms with van der Waals surface area (Å²) in [5.41, 5.74) is 1.14. The van der Waals surface area contributed by atoms with Crippen LogP contribution in [-0.2, 0) is 0 Å². The summed E-state index contributed by atoms with van der Waals surface area (Å²) in [6.07, 6.45) is 1.02. The van der Waals surface area contributed by atoms with Gasteiger partial charge in [0, 0.05) is 0 Å². The molecule has 0 aliphatic rings. The van der Waals surface area contributed by atoms with E-state index in [1.165, 1.54) is 10.8 Å². The molecule has 2 rings (SSSR count). The zero-order valence-corrected chi connectivity index (χ0v) is 12.2. The molecular weight excluding hydrogens is 260 g/mol. The van der Waals surface area contributed by atoms with E-state index in [0.29, 0.717) is 12.5 Å². The highest BCUT2D eigenvalue weighted by atomic mass is 35.5. The van der Waals surface area contributed by atoms with Gasteiger partial charge in [-0.3, -0.25) is 0 Å². The van der Waals surface area contributed by atoms with Crippen LogP contribution in [-0.4, -0.2) is 19.1 Å². The first-order chi connectivity index (χ1) is 9.26. The third-order valence-electron chi connectivity index (χ3n) is 3.02. The van der Waals surface area contributed by atoms with Crippen LogP contribution in [0.25, 0.3) is 10.8 Å². The second-order valence-corrected chi connectivity index (χ2v) is 4.84. The Morgan fingerprint density at radius 1 is 1.05 bits per heavy atom. The molecule has 0 heterocycles. The molecule has 0 radical (unpaired) electrons. The van der Waals surface area contributed by atoms with Crippen LogP contribution >= 0.6 is 11.6 Å². The molecule has 2 aromatic rings. The van der Waals surface area contributed by atoms with Gasteiger partial charge in [-0.2, -0.15) is 0 Å².